The Morgan fingerprint density at radius 1 is 1.27 bits per heavy atom. The predicted molar refractivity (Wildman–Crippen MR) is 90.4 cm³/mol. The summed E-state index contributed by atoms with van der Waals surface area (Å²) in [7, 11) is 0. The van der Waals surface area contributed by atoms with Gasteiger partial charge in [0, 0.05) is 6.07 Å². The van der Waals surface area contributed by atoms with Gasteiger partial charge in [0.25, 0.3) is 5.91 Å². The zero-order valence-corrected chi connectivity index (χ0v) is 14.6. The summed E-state index contributed by atoms with van der Waals surface area (Å²) in [6.07, 6.45) is 0.629. The number of carboxylic acids is 1. The first-order valence-electron chi connectivity index (χ1n) is 7.85. The van der Waals surface area contributed by atoms with Crippen LogP contribution >= 0.6 is 11.8 Å². The van der Waals surface area contributed by atoms with Crippen LogP contribution in [0.2, 0.25) is 0 Å². The number of nitrogens with zero attached hydrogens (tertiary/aromatic N) is 3. The number of thioether (sulfide) groups is 1. The van der Waals surface area contributed by atoms with Gasteiger partial charge in [-0.05, 0) is 43.4 Å². The first kappa shape index (κ1) is 18.3. The fourth-order valence-electron chi connectivity index (χ4n) is 2.79. The molecule has 1 fully saturated rings. The second kappa shape index (κ2) is 7.02. The van der Waals surface area contributed by atoms with E-state index in [0.29, 0.717) is 30.0 Å². The van der Waals surface area contributed by atoms with Crippen molar-refractivity contribution in [2.45, 2.75) is 25.3 Å². The van der Waals surface area contributed by atoms with E-state index >= 15 is 0 Å². The minimum atomic E-state index is -1.33. The number of halogens is 2. The Morgan fingerprint density at radius 3 is 2.58 bits per heavy atom. The molecule has 10 heteroatoms. The molecule has 1 aromatic heterocycles. The molecule has 0 atom stereocenters. The maximum atomic E-state index is 13.4. The number of rotatable bonds is 4. The summed E-state index contributed by atoms with van der Waals surface area (Å²) in [6.45, 7) is 1.54. The third-order valence-corrected chi connectivity index (χ3v) is 5.35. The number of carbonyl (C=O) groups is 2. The standard InChI is InChI=1S/C16H16F2N4O3S/c1-9-13(14(23)19-16(15(24)25)4-6-26-7-5-16)20-21-22(9)10-2-3-11(17)12(18)8-10/h2-3,8H,4-7H2,1H3,(H,19,23)(H,24,25). The van der Waals surface area contributed by atoms with E-state index in [1.165, 1.54) is 10.7 Å². The van der Waals surface area contributed by atoms with Gasteiger partial charge in [0.15, 0.2) is 17.3 Å². The summed E-state index contributed by atoms with van der Waals surface area (Å²) < 4.78 is 27.7. The first-order chi connectivity index (χ1) is 12.3. The number of nitrogens with one attached hydrogen (secondary N) is 1. The number of aromatic nitrogens is 3. The van der Waals surface area contributed by atoms with E-state index in [0.717, 1.165) is 12.1 Å². The lowest BCUT2D eigenvalue weighted by molar-refractivity contribution is -0.144. The Labute approximate surface area is 151 Å². The van der Waals surface area contributed by atoms with Gasteiger partial charge in [-0.25, -0.2) is 18.3 Å². The molecule has 0 spiro atoms. The van der Waals surface area contributed by atoms with Gasteiger partial charge in [0.1, 0.15) is 5.54 Å². The summed E-state index contributed by atoms with van der Waals surface area (Å²) in [4.78, 5) is 24.3. The summed E-state index contributed by atoms with van der Waals surface area (Å²) in [6, 6.07) is 3.19. The highest BCUT2D eigenvalue weighted by Crippen LogP contribution is 2.28. The number of hydrogen-bond donors (Lipinski definition) is 2. The molecule has 0 aliphatic carbocycles. The van der Waals surface area contributed by atoms with Crippen LogP contribution in [0.25, 0.3) is 5.69 Å². The van der Waals surface area contributed by atoms with Crippen LogP contribution in [0.1, 0.15) is 29.0 Å². The molecule has 1 saturated heterocycles. The normalized spacial score (nSPS) is 16.3. The Hall–Kier alpha value is -2.49. The van der Waals surface area contributed by atoms with E-state index in [1.54, 1.807) is 18.7 Å². The predicted octanol–water partition coefficient (Wildman–Crippen LogP) is 1.93. The molecule has 0 bridgehead atoms. The van der Waals surface area contributed by atoms with Crippen LogP contribution in [-0.2, 0) is 4.79 Å². The van der Waals surface area contributed by atoms with Gasteiger partial charge in [-0.2, -0.15) is 11.8 Å². The lowest BCUT2D eigenvalue weighted by atomic mass is 9.92. The van der Waals surface area contributed by atoms with Crippen LogP contribution in [0.5, 0.6) is 0 Å². The molecule has 0 unspecified atom stereocenters. The second-order valence-electron chi connectivity index (χ2n) is 5.99. The summed E-state index contributed by atoms with van der Waals surface area (Å²) >= 11 is 1.63. The van der Waals surface area contributed by atoms with E-state index in [1.807, 2.05) is 0 Å². The molecule has 2 N–H and O–H groups in total. The van der Waals surface area contributed by atoms with E-state index in [2.05, 4.69) is 15.6 Å². The third kappa shape index (κ3) is 3.28. The molecule has 1 aliphatic heterocycles. The van der Waals surface area contributed by atoms with E-state index < -0.39 is 29.0 Å². The molecular weight excluding hydrogens is 366 g/mol. The molecular formula is C16H16F2N4O3S. The Bertz CT molecular complexity index is 865. The topological polar surface area (TPSA) is 97.1 Å². The van der Waals surface area contributed by atoms with Crippen molar-refractivity contribution in [3.05, 3.63) is 41.2 Å². The van der Waals surface area contributed by atoms with E-state index in [4.69, 9.17) is 0 Å². The molecule has 2 heterocycles. The molecule has 26 heavy (non-hydrogen) atoms. The van der Waals surface area contributed by atoms with Gasteiger partial charge >= 0.3 is 5.97 Å². The molecule has 0 radical (unpaired) electrons. The number of amides is 1. The average molecular weight is 382 g/mol. The van der Waals surface area contributed by atoms with Crippen molar-refractivity contribution in [2.75, 3.05) is 11.5 Å². The molecule has 2 aromatic rings. The fraction of sp³-hybridized carbons (Fsp3) is 0.375. The average Bonchev–Trinajstić information content (AvgIpc) is 2.99. The van der Waals surface area contributed by atoms with Crippen molar-refractivity contribution in [1.82, 2.24) is 20.3 Å². The third-order valence-electron chi connectivity index (χ3n) is 4.37. The van der Waals surface area contributed by atoms with E-state index in [9.17, 15) is 23.5 Å². The smallest absolute Gasteiger partial charge is 0.329 e. The Morgan fingerprint density at radius 2 is 1.96 bits per heavy atom. The zero-order chi connectivity index (χ0) is 18.9. The fourth-order valence-corrected chi connectivity index (χ4v) is 3.98. The molecule has 1 aliphatic rings. The molecule has 0 saturated carbocycles. The highest BCUT2D eigenvalue weighted by Gasteiger charge is 2.42. The number of aliphatic carboxylic acids is 1. The molecule has 1 amide bonds. The number of carboxylic acid groups (broad SMARTS) is 1. The van der Waals surface area contributed by atoms with Crippen LogP contribution in [-0.4, -0.2) is 49.0 Å². The van der Waals surface area contributed by atoms with Crippen LogP contribution in [0.4, 0.5) is 8.78 Å². The molecule has 7 nitrogen and oxygen atoms in total. The maximum Gasteiger partial charge on any atom is 0.329 e. The van der Waals surface area contributed by atoms with Crippen molar-refractivity contribution in [2.24, 2.45) is 0 Å². The van der Waals surface area contributed by atoms with Crippen LogP contribution in [0.15, 0.2) is 18.2 Å². The van der Waals surface area contributed by atoms with Crippen molar-refractivity contribution >= 4 is 23.6 Å². The summed E-state index contributed by atoms with van der Waals surface area (Å²) in [5.41, 5.74) is -0.900. The van der Waals surface area contributed by atoms with Crippen LogP contribution < -0.4 is 5.32 Å². The van der Waals surface area contributed by atoms with E-state index in [-0.39, 0.29) is 11.4 Å². The lowest BCUT2D eigenvalue weighted by Gasteiger charge is -2.33. The van der Waals surface area contributed by atoms with Crippen molar-refractivity contribution < 1.29 is 23.5 Å². The minimum absolute atomic E-state index is 0.0615. The van der Waals surface area contributed by atoms with Crippen molar-refractivity contribution in [1.29, 1.82) is 0 Å². The Balaban J connectivity index is 1.88. The zero-order valence-electron chi connectivity index (χ0n) is 13.8. The molecule has 3 rings (SSSR count). The highest BCUT2D eigenvalue weighted by molar-refractivity contribution is 7.99. The first-order valence-corrected chi connectivity index (χ1v) is 9.01. The highest BCUT2D eigenvalue weighted by atomic mass is 32.2. The minimum Gasteiger partial charge on any atom is -0.480 e. The lowest BCUT2D eigenvalue weighted by Crippen LogP contribution is -2.56. The SMILES string of the molecule is Cc1c(C(=O)NC2(C(=O)O)CCSCC2)nnn1-c1ccc(F)c(F)c1. The van der Waals surface area contributed by atoms with Crippen LogP contribution in [0, 0.1) is 18.6 Å². The summed E-state index contributed by atoms with van der Waals surface area (Å²) in [5.74, 6) is -2.53. The molecule has 1 aromatic carbocycles. The van der Waals surface area contributed by atoms with Gasteiger partial charge < -0.3 is 10.4 Å². The number of hydrogen-bond acceptors (Lipinski definition) is 5. The summed E-state index contributed by atoms with van der Waals surface area (Å²) in [5, 5.41) is 19.7. The van der Waals surface area contributed by atoms with Gasteiger partial charge in [0.05, 0.1) is 11.4 Å². The second-order valence-corrected chi connectivity index (χ2v) is 7.21. The van der Waals surface area contributed by atoms with Crippen molar-refractivity contribution in [3.8, 4) is 5.69 Å². The van der Waals surface area contributed by atoms with Crippen LogP contribution in [0.3, 0.4) is 0 Å². The quantitative estimate of drug-likeness (QED) is 0.839. The van der Waals surface area contributed by atoms with Gasteiger partial charge in [0.2, 0.25) is 0 Å². The van der Waals surface area contributed by atoms with Gasteiger partial charge in [-0.15, -0.1) is 5.10 Å². The largest absolute Gasteiger partial charge is 0.480 e. The Kier molecular flexibility index (Phi) is 4.94. The number of carbonyl (C=O) groups excluding carboxylic acids is 1. The van der Waals surface area contributed by atoms with Crippen molar-refractivity contribution in [3.63, 3.8) is 0 Å². The monoisotopic (exact) mass is 382 g/mol. The van der Waals surface area contributed by atoms with Gasteiger partial charge in [-0.3, -0.25) is 4.79 Å². The molecule has 138 valence electrons. The number of benzene rings is 1. The maximum absolute atomic E-state index is 13.4. The van der Waals surface area contributed by atoms with Gasteiger partial charge in [-0.1, -0.05) is 5.21 Å².